The average molecular weight is 363 g/mol. The Labute approximate surface area is 122 Å². The first-order valence-electron chi connectivity index (χ1n) is 5.16. The Hall–Kier alpha value is -1.75. The summed E-state index contributed by atoms with van der Waals surface area (Å²) in [6.45, 7) is 0. The Balaban J connectivity index is 2.75. The van der Waals surface area contributed by atoms with E-state index in [0.717, 1.165) is 24.3 Å². The highest BCUT2D eigenvalue weighted by Gasteiger charge is 2.31. The number of hydrogen-bond donors (Lipinski definition) is 3. The molecule has 0 saturated carbocycles. The summed E-state index contributed by atoms with van der Waals surface area (Å²) in [5.74, 6) is -0.605. The highest BCUT2D eigenvalue weighted by molar-refractivity contribution is 7.89. The van der Waals surface area contributed by atoms with Gasteiger partial charge in [-0.05, 0) is 24.3 Å². The molecule has 0 unspecified atom stereocenters. The summed E-state index contributed by atoms with van der Waals surface area (Å²) in [6, 6.07) is 3.28. The maximum absolute atomic E-state index is 11.9. The summed E-state index contributed by atoms with van der Waals surface area (Å²) in [5, 5.41) is 0. The van der Waals surface area contributed by atoms with E-state index in [1.54, 1.807) is 4.72 Å². The minimum atomic E-state index is -4.90. The van der Waals surface area contributed by atoms with Crippen LogP contribution in [0.2, 0.25) is 0 Å². The van der Waals surface area contributed by atoms with Gasteiger partial charge in [0.15, 0.2) is 0 Å². The molecule has 0 radical (unpaired) electrons. The number of nitrogens with one attached hydrogen (secondary N) is 1. The van der Waals surface area contributed by atoms with E-state index in [0.29, 0.717) is 12.5 Å². The zero-order valence-electron chi connectivity index (χ0n) is 10.4. The van der Waals surface area contributed by atoms with Gasteiger partial charge in [-0.15, -0.1) is 13.2 Å². The molecule has 1 aromatic carbocycles. The first-order chi connectivity index (χ1) is 9.89. The van der Waals surface area contributed by atoms with Gasteiger partial charge in [-0.2, -0.15) is 0 Å². The number of alkyl halides is 3. The maximum Gasteiger partial charge on any atom is 0.573 e. The number of ether oxygens (including phenoxy) is 1. The average Bonchev–Trinajstić information content (AvgIpc) is 2.32. The van der Waals surface area contributed by atoms with Crippen molar-refractivity contribution < 1.29 is 45.2 Å². The third kappa shape index (κ3) is 6.80. The molecule has 0 spiro atoms. The number of hydrogen-bond acceptors (Lipinski definition) is 5. The Kier molecular flexibility index (Phi) is 5.46. The zero-order valence-corrected chi connectivity index (χ0v) is 12.1. The fourth-order valence-electron chi connectivity index (χ4n) is 1.12. The van der Waals surface area contributed by atoms with Crippen molar-refractivity contribution in [2.75, 3.05) is 0 Å². The molecule has 0 aliphatic rings. The number of benzene rings is 1. The molecule has 22 heavy (non-hydrogen) atoms. The molecular weight excluding hydrogens is 354 g/mol. The highest BCUT2D eigenvalue weighted by Crippen LogP contribution is 2.35. The van der Waals surface area contributed by atoms with E-state index in [2.05, 4.69) is 9.26 Å². The van der Waals surface area contributed by atoms with Crippen LogP contribution in [0.1, 0.15) is 0 Å². The van der Waals surface area contributed by atoms with E-state index in [9.17, 15) is 26.2 Å². The molecule has 8 nitrogen and oxygen atoms in total. The number of halogens is 3. The number of rotatable bonds is 6. The molecule has 0 atom stereocenters. The molecular formula is C9H9F3NO7PS. The minimum Gasteiger partial charge on any atom is -0.411 e. The van der Waals surface area contributed by atoms with Crippen LogP contribution in [0, 0.1) is 0 Å². The van der Waals surface area contributed by atoms with Crippen LogP contribution in [0.25, 0.3) is 0 Å². The quantitative estimate of drug-likeness (QED) is 0.516. The minimum absolute atomic E-state index is 0.400. The van der Waals surface area contributed by atoms with Gasteiger partial charge in [-0.25, -0.2) is 13.0 Å². The summed E-state index contributed by atoms with van der Waals surface area (Å²) in [4.78, 5) is 16.3. The largest absolute Gasteiger partial charge is 0.573 e. The summed E-state index contributed by atoms with van der Waals surface area (Å²) >= 11 is 0. The lowest BCUT2D eigenvalue weighted by Gasteiger charge is -2.09. The fourth-order valence-corrected chi connectivity index (χ4v) is 2.20. The van der Waals surface area contributed by atoms with Gasteiger partial charge in [0, 0.05) is 6.20 Å². The van der Waals surface area contributed by atoms with E-state index in [1.165, 1.54) is 0 Å². The van der Waals surface area contributed by atoms with Crippen LogP contribution >= 0.6 is 7.82 Å². The lowest BCUT2D eigenvalue weighted by molar-refractivity contribution is -0.274. The van der Waals surface area contributed by atoms with Gasteiger partial charge < -0.3 is 9.26 Å². The van der Waals surface area contributed by atoms with Crippen LogP contribution in [0.15, 0.2) is 41.6 Å². The molecule has 0 heterocycles. The molecule has 0 amide bonds. The lowest BCUT2D eigenvalue weighted by atomic mass is 10.3. The monoisotopic (exact) mass is 363 g/mol. The van der Waals surface area contributed by atoms with Crippen LogP contribution in [-0.4, -0.2) is 24.6 Å². The topological polar surface area (TPSA) is 122 Å². The van der Waals surface area contributed by atoms with Gasteiger partial charge in [0.1, 0.15) is 12.0 Å². The molecule has 0 aliphatic heterocycles. The normalized spacial score (nSPS) is 13.1. The molecule has 0 fully saturated rings. The SMILES string of the molecule is O=P(O)(O)O/C=C/NS(=O)(=O)c1ccc(OC(F)(F)F)cc1. The summed E-state index contributed by atoms with van der Waals surface area (Å²) in [6.07, 6.45) is -3.89. The summed E-state index contributed by atoms with van der Waals surface area (Å²) in [7, 11) is -8.94. The number of phosphoric ester groups is 1. The van der Waals surface area contributed by atoms with Gasteiger partial charge in [0.05, 0.1) is 4.90 Å². The molecule has 0 saturated heterocycles. The molecule has 0 aromatic heterocycles. The van der Waals surface area contributed by atoms with Gasteiger partial charge in [0.2, 0.25) is 0 Å². The van der Waals surface area contributed by atoms with Crippen molar-refractivity contribution in [3.63, 3.8) is 0 Å². The first kappa shape index (κ1) is 18.3. The fraction of sp³-hybridized carbons (Fsp3) is 0.111. The van der Waals surface area contributed by atoms with E-state index < -0.39 is 34.9 Å². The second kappa shape index (κ2) is 6.57. The van der Waals surface area contributed by atoms with Crippen molar-refractivity contribution in [1.82, 2.24) is 4.72 Å². The highest BCUT2D eigenvalue weighted by atomic mass is 32.2. The summed E-state index contributed by atoms with van der Waals surface area (Å²) < 4.78 is 78.7. The van der Waals surface area contributed by atoms with Crippen molar-refractivity contribution in [3.05, 3.63) is 36.7 Å². The van der Waals surface area contributed by atoms with Gasteiger partial charge >= 0.3 is 14.2 Å². The Morgan fingerprint density at radius 1 is 1.18 bits per heavy atom. The zero-order chi connectivity index (χ0) is 17.0. The Bertz CT molecular complexity index is 680. The van der Waals surface area contributed by atoms with E-state index in [-0.39, 0.29) is 0 Å². The lowest BCUT2D eigenvalue weighted by Crippen LogP contribution is -2.19. The van der Waals surface area contributed by atoms with Gasteiger partial charge in [-0.3, -0.25) is 14.5 Å². The summed E-state index contributed by atoms with van der Waals surface area (Å²) in [5.41, 5.74) is 0. The van der Waals surface area contributed by atoms with Crippen molar-refractivity contribution in [1.29, 1.82) is 0 Å². The van der Waals surface area contributed by atoms with Crippen LogP contribution < -0.4 is 9.46 Å². The van der Waals surface area contributed by atoms with Crippen LogP contribution in [0.5, 0.6) is 5.75 Å². The Morgan fingerprint density at radius 2 is 1.73 bits per heavy atom. The predicted octanol–water partition coefficient (Wildman–Crippen LogP) is 1.44. The second-order valence-corrected chi connectivity index (χ2v) is 6.45. The standard InChI is InChI=1S/C9H9F3NO7PS/c10-9(11,12)20-7-1-3-8(4-2-7)22(17,18)13-5-6-19-21(14,15)16/h1-6,13H,(H2,14,15,16)/b6-5+. The van der Waals surface area contributed by atoms with E-state index in [4.69, 9.17) is 9.79 Å². The van der Waals surface area contributed by atoms with Gasteiger partial charge in [0.25, 0.3) is 10.0 Å². The molecule has 13 heteroatoms. The van der Waals surface area contributed by atoms with Crippen molar-refractivity contribution >= 4 is 17.8 Å². The van der Waals surface area contributed by atoms with E-state index >= 15 is 0 Å². The second-order valence-electron chi connectivity index (χ2n) is 3.54. The first-order valence-corrected chi connectivity index (χ1v) is 8.17. The van der Waals surface area contributed by atoms with Gasteiger partial charge in [-0.1, -0.05) is 0 Å². The number of sulfonamides is 1. The van der Waals surface area contributed by atoms with Crippen molar-refractivity contribution in [2.24, 2.45) is 0 Å². The molecule has 1 aromatic rings. The predicted molar refractivity (Wildman–Crippen MR) is 65.7 cm³/mol. The van der Waals surface area contributed by atoms with Crippen molar-refractivity contribution in [2.45, 2.75) is 11.3 Å². The van der Waals surface area contributed by atoms with E-state index in [1.807, 2.05) is 0 Å². The molecule has 0 bridgehead atoms. The maximum atomic E-state index is 11.9. The smallest absolute Gasteiger partial charge is 0.411 e. The third-order valence-corrected chi connectivity index (χ3v) is 3.59. The van der Waals surface area contributed by atoms with Crippen LogP contribution in [0.4, 0.5) is 13.2 Å². The van der Waals surface area contributed by atoms with Crippen LogP contribution in [-0.2, 0) is 19.1 Å². The molecule has 1 rings (SSSR count). The van der Waals surface area contributed by atoms with Crippen molar-refractivity contribution in [3.8, 4) is 5.75 Å². The Morgan fingerprint density at radius 3 is 2.18 bits per heavy atom. The molecule has 124 valence electrons. The molecule has 3 N–H and O–H groups in total. The molecule has 0 aliphatic carbocycles. The van der Waals surface area contributed by atoms with Crippen LogP contribution in [0.3, 0.4) is 0 Å². The third-order valence-electron chi connectivity index (χ3n) is 1.86. The number of phosphoric acid groups is 1.